The highest BCUT2D eigenvalue weighted by Gasteiger charge is 2.23. The van der Waals surface area contributed by atoms with Gasteiger partial charge in [0.05, 0.1) is 0 Å². The van der Waals surface area contributed by atoms with Crippen molar-refractivity contribution < 1.29 is 14.3 Å². The van der Waals surface area contributed by atoms with Crippen molar-refractivity contribution in [1.29, 1.82) is 0 Å². The van der Waals surface area contributed by atoms with E-state index in [4.69, 9.17) is 4.74 Å². The molecule has 0 aliphatic carbocycles. The molecule has 1 N–H and O–H groups in total. The van der Waals surface area contributed by atoms with Crippen molar-refractivity contribution in [3.05, 3.63) is 52.7 Å². The van der Waals surface area contributed by atoms with Crippen molar-refractivity contribution in [3.8, 4) is 0 Å². The molecule has 9 nitrogen and oxygen atoms in total. The topological polar surface area (TPSA) is 108 Å². The number of carbonyl (C=O) groups excluding carboxylic acids is 2. The van der Waals surface area contributed by atoms with Gasteiger partial charge in [-0.25, -0.2) is 14.8 Å². The fourth-order valence-corrected chi connectivity index (χ4v) is 2.49. The summed E-state index contributed by atoms with van der Waals surface area (Å²) in [5.74, 6) is -0.481. The lowest BCUT2D eigenvalue weighted by atomic mass is 10.3. The number of ether oxygens (including phenoxy) is 1. The van der Waals surface area contributed by atoms with Crippen molar-refractivity contribution in [2.45, 2.75) is 0 Å². The van der Waals surface area contributed by atoms with Crippen LogP contribution in [0.5, 0.6) is 0 Å². The van der Waals surface area contributed by atoms with Crippen LogP contribution in [-0.2, 0) is 9.53 Å². The van der Waals surface area contributed by atoms with Crippen molar-refractivity contribution in [2.75, 3.05) is 37.7 Å². The fraction of sp³-hybridized carbons (Fsp3) is 0.312. The van der Waals surface area contributed by atoms with Crippen molar-refractivity contribution >= 4 is 17.8 Å². The largest absolute Gasteiger partial charge is 0.452 e. The van der Waals surface area contributed by atoms with Gasteiger partial charge in [0.25, 0.3) is 11.5 Å². The maximum Gasteiger partial charge on any atom is 0.344 e. The smallest absolute Gasteiger partial charge is 0.344 e. The third kappa shape index (κ3) is 4.00. The van der Waals surface area contributed by atoms with Crippen LogP contribution in [-0.4, -0.2) is 64.5 Å². The quantitative estimate of drug-likeness (QED) is 0.757. The van der Waals surface area contributed by atoms with E-state index in [0.29, 0.717) is 32.1 Å². The van der Waals surface area contributed by atoms with Crippen LogP contribution in [0.4, 0.5) is 5.95 Å². The van der Waals surface area contributed by atoms with Gasteiger partial charge < -0.3 is 19.5 Å². The molecule has 0 spiro atoms. The zero-order valence-corrected chi connectivity index (χ0v) is 13.4. The van der Waals surface area contributed by atoms with E-state index in [1.807, 2.05) is 4.90 Å². The normalized spacial score (nSPS) is 14.2. The standard InChI is InChI=1S/C16H17N5O4/c22-13(11-25-15(24)12-3-1-4-17-14(12)23)20-7-9-21(10-8-20)16-18-5-2-6-19-16/h1-6H,7-11H2,(H,17,23). The van der Waals surface area contributed by atoms with Gasteiger partial charge in [-0.05, 0) is 18.2 Å². The SMILES string of the molecule is O=C(OCC(=O)N1CCN(c2ncccn2)CC1)c1ccc[nH]c1=O. The van der Waals surface area contributed by atoms with E-state index in [1.54, 1.807) is 23.4 Å². The number of anilines is 1. The Labute approximate surface area is 143 Å². The maximum atomic E-state index is 12.2. The predicted octanol–water partition coefficient (Wildman–Crippen LogP) is -0.329. The highest BCUT2D eigenvalue weighted by molar-refractivity contribution is 5.90. The number of hydrogen-bond donors (Lipinski definition) is 1. The lowest BCUT2D eigenvalue weighted by Crippen LogP contribution is -2.50. The second-order valence-corrected chi connectivity index (χ2v) is 5.41. The van der Waals surface area contributed by atoms with Crippen molar-refractivity contribution in [2.24, 2.45) is 0 Å². The molecule has 0 bridgehead atoms. The summed E-state index contributed by atoms with van der Waals surface area (Å²) >= 11 is 0. The Morgan fingerprint density at radius 2 is 1.84 bits per heavy atom. The van der Waals surface area contributed by atoms with Crippen LogP contribution in [0.3, 0.4) is 0 Å². The summed E-state index contributed by atoms with van der Waals surface area (Å²) < 4.78 is 4.95. The van der Waals surface area contributed by atoms with Gasteiger partial charge in [-0.1, -0.05) is 0 Å². The third-order valence-electron chi connectivity index (χ3n) is 3.83. The Morgan fingerprint density at radius 1 is 1.12 bits per heavy atom. The number of aromatic nitrogens is 3. The van der Waals surface area contributed by atoms with Crippen LogP contribution in [0.15, 0.2) is 41.6 Å². The van der Waals surface area contributed by atoms with E-state index in [2.05, 4.69) is 15.0 Å². The molecule has 0 unspecified atom stereocenters. The Kier molecular flexibility index (Phi) is 5.03. The molecule has 1 saturated heterocycles. The molecule has 0 atom stereocenters. The predicted molar refractivity (Wildman–Crippen MR) is 88.2 cm³/mol. The first-order valence-electron chi connectivity index (χ1n) is 7.80. The van der Waals surface area contributed by atoms with Gasteiger partial charge in [0.15, 0.2) is 6.61 Å². The molecule has 0 aromatic carbocycles. The Balaban J connectivity index is 1.49. The summed E-state index contributed by atoms with van der Waals surface area (Å²) in [6, 6.07) is 4.62. The molecule has 1 fully saturated rings. The molecular formula is C16H17N5O4. The minimum Gasteiger partial charge on any atom is -0.452 e. The number of esters is 1. The van der Waals surface area contributed by atoms with Crippen molar-refractivity contribution in [3.63, 3.8) is 0 Å². The maximum absolute atomic E-state index is 12.2. The molecule has 0 radical (unpaired) electrons. The first-order chi connectivity index (χ1) is 12.1. The first-order valence-corrected chi connectivity index (χ1v) is 7.80. The van der Waals surface area contributed by atoms with Crippen LogP contribution in [0.2, 0.25) is 0 Å². The number of aromatic amines is 1. The second kappa shape index (κ2) is 7.56. The molecule has 25 heavy (non-hydrogen) atoms. The highest BCUT2D eigenvalue weighted by Crippen LogP contribution is 2.10. The number of nitrogens with zero attached hydrogens (tertiary/aromatic N) is 4. The highest BCUT2D eigenvalue weighted by atomic mass is 16.5. The summed E-state index contributed by atoms with van der Waals surface area (Å²) in [7, 11) is 0. The first kappa shape index (κ1) is 16.6. The lowest BCUT2D eigenvalue weighted by molar-refractivity contribution is -0.134. The number of piperazine rings is 1. The molecule has 3 rings (SSSR count). The average molecular weight is 343 g/mol. The van der Waals surface area contributed by atoms with Crippen LogP contribution >= 0.6 is 0 Å². The van der Waals surface area contributed by atoms with E-state index in [-0.39, 0.29) is 11.5 Å². The zero-order valence-electron chi connectivity index (χ0n) is 13.4. The minimum absolute atomic E-state index is 0.124. The zero-order chi connectivity index (χ0) is 17.6. The van der Waals surface area contributed by atoms with Gasteiger partial charge in [0.1, 0.15) is 5.56 Å². The lowest BCUT2D eigenvalue weighted by Gasteiger charge is -2.34. The number of pyridine rings is 1. The van der Waals surface area contributed by atoms with E-state index in [9.17, 15) is 14.4 Å². The summed E-state index contributed by atoms with van der Waals surface area (Å²) in [5.41, 5.74) is -0.669. The molecule has 2 aromatic heterocycles. The van der Waals surface area contributed by atoms with Crippen LogP contribution in [0.25, 0.3) is 0 Å². The Bertz CT molecular complexity index is 799. The summed E-state index contributed by atoms with van der Waals surface area (Å²) in [4.78, 5) is 49.9. The van der Waals surface area contributed by atoms with E-state index in [0.717, 1.165) is 0 Å². The van der Waals surface area contributed by atoms with Crippen LogP contribution in [0.1, 0.15) is 10.4 Å². The van der Waals surface area contributed by atoms with E-state index >= 15 is 0 Å². The van der Waals surface area contributed by atoms with Gasteiger partial charge in [0, 0.05) is 44.8 Å². The molecule has 1 aliphatic heterocycles. The molecule has 3 heterocycles. The average Bonchev–Trinajstić information content (AvgIpc) is 2.67. The van der Waals surface area contributed by atoms with Gasteiger partial charge in [-0.15, -0.1) is 0 Å². The number of H-pyrrole nitrogens is 1. The fourth-order valence-electron chi connectivity index (χ4n) is 2.49. The van der Waals surface area contributed by atoms with E-state index in [1.165, 1.54) is 18.3 Å². The number of hydrogen-bond acceptors (Lipinski definition) is 7. The minimum atomic E-state index is -0.813. The summed E-state index contributed by atoms with van der Waals surface area (Å²) in [5, 5.41) is 0. The molecule has 2 aromatic rings. The van der Waals surface area contributed by atoms with Crippen LogP contribution in [0, 0.1) is 0 Å². The monoisotopic (exact) mass is 343 g/mol. The molecule has 9 heteroatoms. The van der Waals surface area contributed by atoms with Gasteiger partial charge >= 0.3 is 5.97 Å². The number of rotatable bonds is 4. The Hall–Kier alpha value is -3.23. The van der Waals surface area contributed by atoms with Gasteiger partial charge in [-0.2, -0.15) is 0 Å². The number of carbonyl (C=O) groups is 2. The summed E-state index contributed by atoms with van der Waals surface area (Å²) in [6.45, 7) is 1.78. The number of amides is 1. The molecule has 1 aliphatic rings. The van der Waals surface area contributed by atoms with Crippen molar-refractivity contribution in [1.82, 2.24) is 19.9 Å². The molecule has 130 valence electrons. The number of nitrogens with one attached hydrogen (secondary N) is 1. The van der Waals surface area contributed by atoms with Gasteiger partial charge in [-0.3, -0.25) is 9.59 Å². The second-order valence-electron chi connectivity index (χ2n) is 5.41. The molecule has 0 saturated carbocycles. The van der Waals surface area contributed by atoms with E-state index < -0.39 is 18.1 Å². The Morgan fingerprint density at radius 3 is 2.52 bits per heavy atom. The van der Waals surface area contributed by atoms with Crippen LogP contribution < -0.4 is 10.5 Å². The van der Waals surface area contributed by atoms with Gasteiger partial charge in [0.2, 0.25) is 5.95 Å². The molecule has 1 amide bonds. The summed E-state index contributed by atoms with van der Waals surface area (Å²) in [6.07, 6.45) is 4.76. The third-order valence-corrected chi connectivity index (χ3v) is 3.83. The molecular weight excluding hydrogens is 326 g/mol.